The first-order valence-corrected chi connectivity index (χ1v) is 9.55. The van der Waals surface area contributed by atoms with Gasteiger partial charge in [0, 0.05) is 12.1 Å². The Morgan fingerprint density at radius 2 is 1.82 bits per heavy atom. The van der Waals surface area contributed by atoms with Gasteiger partial charge in [0.2, 0.25) is 0 Å². The number of aliphatic hydroxyl groups is 1. The topological polar surface area (TPSA) is 57.6 Å². The zero-order valence-corrected chi connectivity index (χ0v) is 16.1. The van der Waals surface area contributed by atoms with Gasteiger partial charge in [0.1, 0.15) is 11.6 Å². The van der Waals surface area contributed by atoms with Crippen molar-refractivity contribution in [1.29, 1.82) is 0 Å². The molecule has 146 valence electrons. The van der Waals surface area contributed by atoms with E-state index < -0.39 is 23.5 Å². The van der Waals surface area contributed by atoms with Gasteiger partial charge in [-0.2, -0.15) is 0 Å². The van der Waals surface area contributed by atoms with Gasteiger partial charge in [-0.25, -0.2) is 4.39 Å². The number of hydrogen-bond acceptors (Lipinski definition) is 3. The minimum atomic E-state index is -0.704. The smallest absolute Gasteiger partial charge is 0.295 e. The highest BCUT2D eigenvalue weighted by Gasteiger charge is 2.45. The van der Waals surface area contributed by atoms with Gasteiger partial charge in [-0.15, -0.1) is 0 Å². The Hall–Kier alpha value is -2.95. The van der Waals surface area contributed by atoms with Crippen LogP contribution in [0.25, 0.3) is 5.76 Å². The third-order valence-electron chi connectivity index (χ3n) is 5.09. The molecule has 0 aromatic heterocycles. The first-order chi connectivity index (χ1) is 13.5. The van der Waals surface area contributed by atoms with Crippen LogP contribution in [0.1, 0.15) is 48.9 Å². The lowest BCUT2D eigenvalue weighted by Gasteiger charge is -2.25. The average molecular weight is 381 g/mol. The van der Waals surface area contributed by atoms with Crippen LogP contribution in [-0.4, -0.2) is 28.2 Å². The zero-order chi connectivity index (χ0) is 20.3. The molecule has 4 nitrogen and oxygen atoms in total. The van der Waals surface area contributed by atoms with E-state index in [0.717, 1.165) is 24.8 Å². The summed E-state index contributed by atoms with van der Waals surface area (Å²) in [5.41, 5.74) is 1.50. The Morgan fingerprint density at radius 1 is 1.11 bits per heavy atom. The maximum absolute atomic E-state index is 13.6. The number of rotatable bonds is 6. The Kier molecular flexibility index (Phi) is 5.93. The van der Waals surface area contributed by atoms with E-state index in [-0.39, 0.29) is 11.3 Å². The lowest BCUT2D eigenvalue weighted by Crippen LogP contribution is -2.30. The molecule has 1 aliphatic rings. The molecule has 0 saturated carbocycles. The van der Waals surface area contributed by atoms with Crippen molar-refractivity contribution in [2.75, 3.05) is 6.54 Å². The summed E-state index contributed by atoms with van der Waals surface area (Å²) in [5, 5.41) is 10.9. The number of Topliss-reactive ketones (excluding diaryl/α,β-unsaturated/α-hetero) is 1. The van der Waals surface area contributed by atoms with Crippen LogP contribution in [0.2, 0.25) is 0 Å². The van der Waals surface area contributed by atoms with Crippen LogP contribution in [0.4, 0.5) is 4.39 Å². The molecule has 1 amide bonds. The molecule has 1 saturated heterocycles. The number of unbranched alkanes of at least 4 members (excludes halogenated alkanes) is 2. The number of carbonyl (C=O) groups is 2. The fraction of sp³-hybridized carbons (Fsp3) is 0.304. The third kappa shape index (κ3) is 3.70. The Bertz CT molecular complexity index is 921. The summed E-state index contributed by atoms with van der Waals surface area (Å²) in [6.07, 6.45) is 2.72. The van der Waals surface area contributed by atoms with E-state index in [1.807, 2.05) is 30.3 Å². The Labute approximate surface area is 164 Å². The standard InChI is InChI=1S/C23H24FNO3/c1-3-4-8-13-25-20(16-9-6-5-7-10-16)19(22(27)23(25)28)21(26)17-11-12-18(24)15(2)14-17/h5-7,9-12,14,20,26H,3-4,8,13H2,1-2H3/b21-19-. The molecular weight excluding hydrogens is 357 g/mol. The molecule has 1 aliphatic heterocycles. The second-order valence-corrected chi connectivity index (χ2v) is 7.07. The number of aryl methyl sites for hydroxylation is 1. The summed E-state index contributed by atoms with van der Waals surface area (Å²) in [6, 6.07) is 12.7. The summed E-state index contributed by atoms with van der Waals surface area (Å²) in [5.74, 6) is -1.97. The highest BCUT2D eigenvalue weighted by Crippen LogP contribution is 2.39. The molecular formula is C23H24FNO3. The summed E-state index contributed by atoms with van der Waals surface area (Å²) >= 11 is 0. The number of ketones is 1. The van der Waals surface area contributed by atoms with E-state index in [9.17, 15) is 19.1 Å². The van der Waals surface area contributed by atoms with Gasteiger partial charge >= 0.3 is 0 Å². The van der Waals surface area contributed by atoms with Crippen molar-refractivity contribution < 1.29 is 19.1 Å². The number of halogens is 1. The van der Waals surface area contributed by atoms with Gasteiger partial charge in [-0.1, -0.05) is 50.1 Å². The van der Waals surface area contributed by atoms with Crippen LogP contribution in [-0.2, 0) is 9.59 Å². The zero-order valence-electron chi connectivity index (χ0n) is 16.1. The number of amides is 1. The van der Waals surface area contributed by atoms with Gasteiger partial charge in [0.15, 0.2) is 0 Å². The van der Waals surface area contributed by atoms with Crippen molar-refractivity contribution in [3.05, 3.63) is 76.6 Å². The van der Waals surface area contributed by atoms with Crippen molar-refractivity contribution in [3.8, 4) is 0 Å². The molecule has 1 heterocycles. The summed E-state index contributed by atoms with van der Waals surface area (Å²) in [4.78, 5) is 27.1. The van der Waals surface area contributed by atoms with E-state index in [1.54, 1.807) is 6.92 Å². The van der Waals surface area contributed by atoms with Crippen LogP contribution >= 0.6 is 0 Å². The fourth-order valence-electron chi connectivity index (χ4n) is 3.57. The molecule has 0 aliphatic carbocycles. The number of nitrogens with zero attached hydrogens (tertiary/aromatic N) is 1. The number of likely N-dealkylation sites (tertiary alicyclic amines) is 1. The van der Waals surface area contributed by atoms with Crippen molar-refractivity contribution >= 4 is 17.4 Å². The molecule has 2 aromatic carbocycles. The Morgan fingerprint density at radius 3 is 2.46 bits per heavy atom. The second kappa shape index (κ2) is 8.38. The van der Waals surface area contributed by atoms with Crippen molar-refractivity contribution in [2.24, 2.45) is 0 Å². The van der Waals surface area contributed by atoms with E-state index in [2.05, 4.69) is 6.92 Å². The number of carbonyl (C=O) groups excluding carboxylic acids is 2. The first kappa shape index (κ1) is 19.8. The predicted octanol–water partition coefficient (Wildman–Crippen LogP) is 4.75. The SMILES string of the molecule is CCCCCN1C(=O)C(=O)/C(=C(\O)c2ccc(F)c(C)c2)C1c1ccccc1. The van der Waals surface area contributed by atoms with Gasteiger partial charge in [-0.05, 0) is 42.7 Å². The van der Waals surface area contributed by atoms with Crippen LogP contribution in [0.15, 0.2) is 54.1 Å². The molecule has 5 heteroatoms. The summed E-state index contributed by atoms with van der Waals surface area (Å²) in [7, 11) is 0. The molecule has 1 N–H and O–H groups in total. The number of hydrogen-bond donors (Lipinski definition) is 1. The maximum Gasteiger partial charge on any atom is 0.295 e. The van der Waals surface area contributed by atoms with Crippen LogP contribution < -0.4 is 0 Å². The molecule has 1 atom stereocenters. The van der Waals surface area contributed by atoms with E-state index in [0.29, 0.717) is 17.7 Å². The molecule has 3 rings (SSSR count). The summed E-state index contributed by atoms with van der Waals surface area (Å²) in [6.45, 7) is 4.10. The largest absolute Gasteiger partial charge is 0.507 e. The van der Waals surface area contributed by atoms with Gasteiger partial charge in [-0.3, -0.25) is 9.59 Å². The molecule has 0 bridgehead atoms. The number of aliphatic hydroxyl groups excluding tert-OH is 1. The second-order valence-electron chi connectivity index (χ2n) is 7.07. The van der Waals surface area contributed by atoms with Crippen LogP contribution in [0.5, 0.6) is 0 Å². The highest BCUT2D eigenvalue weighted by molar-refractivity contribution is 6.46. The third-order valence-corrected chi connectivity index (χ3v) is 5.09. The molecule has 28 heavy (non-hydrogen) atoms. The lowest BCUT2D eigenvalue weighted by atomic mass is 9.95. The lowest BCUT2D eigenvalue weighted by molar-refractivity contribution is -0.139. The van der Waals surface area contributed by atoms with Gasteiger partial charge < -0.3 is 10.0 Å². The summed E-state index contributed by atoms with van der Waals surface area (Å²) < 4.78 is 13.6. The van der Waals surface area contributed by atoms with E-state index >= 15 is 0 Å². The van der Waals surface area contributed by atoms with Crippen LogP contribution in [0.3, 0.4) is 0 Å². The predicted molar refractivity (Wildman–Crippen MR) is 106 cm³/mol. The van der Waals surface area contributed by atoms with Crippen molar-refractivity contribution in [2.45, 2.75) is 39.2 Å². The number of benzene rings is 2. The van der Waals surface area contributed by atoms with E-state index in [4.69, 9.17) is 0 Å². The quantitative estimate of drug-likeness (QED) is 0.340. The minimum Gasteiger partial charge on any atom is -0.507 e. The molecule has 0 spiro atoms. The van der Waals surface area contributed by atoms with Crippen LogP contribution in [0, 0.1) is 12.7 Å². The van der Waals surface area contributed by atoms with Gasteiger partial charge in [0.25, 0.3) is 11.7 Å². The molecule has 1 fully saturated rings. The maximum atomic E-state index is 13.6. The average Bonchev–Trinajstić information content (AvgIpc) is 2.95. The molecule has 2 aromatic rings. The minimum absolute atomic E-state index is 0.0544. The normalized spacial score (nSPS) is 18.7. The Balaban J connectivity index is 2.12. The molecule has 1 unspecified atom stereocenters. The van der Waals surface area contributed by atoms with Crippen molar-refractivity contribution in [1.82, 2.24) is 4.90 Å². The molecule has 0 radical (unpaired) electrons. The van der Waals surface area contributed by atoms with Crippen molar-refractivity contribution in [3.63, 3.8) is 0 Å². The fourth-order valence-corrected chi connectivity index (χ4v) is 3.57. The van der Waals surface area contributed by atoms with E-state index in [1.165, 1.54) is 23.1 Å². The van der Waals surface area contributed by atoms with Gasteiger partial charge in [0.05, 0.1) is 11.6 Å². The highest BCUT2D eigenvalue weighted by atomic mass is 19.1. The first-order valence-electron chi connectivity index (χ1n) is 9.55. The monoisotopic (exact) mass is 381 g/mol.